The van der Waals surface area contributed by atoms with E-state index in [2.05, 4.69) is 5.92 Å². The average Bonchev–Trinajstić information content (AvgIpc) is 2.09. The lowest BCUT2D eigenvalue weighted by Crippen LogP contribution is -2.24. The van der Waals surface area contributed by atoms with E-state index in [-0.39, 0.29) is 5.97 Å². The van der Waals surface area contributed by atoms with Gasteiger partial charge in [0.15, 0.2) is 0 Å². The first-order valence-corrected chi connectivity index (χ1v) is 5.22. The zero-order chi connectivity index (χ0) is 11.9. The van der Waals surface area contributed by atoms with Crippen molar-refractivity contribution >= 4 is 5.97 Å². The lowest BCUT2D eigenvalue weighted by atomic mass is 10.1. The molecule has 15 heavy (non-hydrogen) atoms. The predicted molar refractivity (Wildman–Crippen MR) is 62.3 cm³/mol. The summed E-state index contributed by atoms with van der Waals surface area (Å²) in [5, 5.41) is 0. The Morgan fingerprint density at radius 1 is 1.47 bits per heavy atom. The van der Waals surface area contributed by atoms with Crippen LogP contribution < -0.4 is 0 Å². The minimum absolute atomic E-state index is 0.234. The van der Waals surface area contributed by atoms with E-state index in [4.69, 9.17) is 11.2 Å². The summed E-state index contributed by atoms with van der Waals surface area (Å²) in [6.07, 6.45) is 9.16. The summed E-state index contributed by atoms with van der Waals surface area (Å²) < 4.78 is 5.26. The van der Waals surface area contributed by atoms with Crippen LogP contribution in [0.1, 0.15) is 47.0 Å². The molecule has 0 N–H and O–H groups in total. The maximum absolute atomic E-state index is 11.6. The number of esters is 1. The van der Waals surface area contributed by atoms with E-state index in [1.807, 2.05) is 27.7 Å². The summed E-state index contributed by atoms with van der Waals surface area (Å²) in [4.78, 5) is 11.6. The van der Waals surface area contributed by atoms with Crippen molar-refractivity contribution in [3.05, 3.63) is 11.6 Å². The number of terminal acetylenes is 1. The van der Waals surface area contributed by atoms with Crippen molar-refractivity contribution in [1.82, 2.24) is 0 Å². The molecule has 2 nitrogen and oxygen atoms in total. The van der Waals surface area contributed by atoms with Crippen LogP contribution >= 0.6 is 0 Å². The molecule has 0 aliphatic carbocycles. The molecular weight excluding hydrogens is 188 g/mol. The van der Waals surface area contributed by atoms with Crippen LogP contribution in [0.4, 0.5) is 0 Å². The molecule has 0 heterocycles. The number of hydrogen-bond acceptors (Lipinski definition) is 2. The highest BCUT2D eigenvalue weighted by atomic mass is 16.6. The van der Waals surface area contributed by atoms with Crippen LogP contribution in [-0.4, -0.2) is 11.6 Å². The van der Waals surface area contributed by atoms with Crippen molar-refractivity contribution in [2.75, 3.05) is 0 Å². The second kappa shape index (κ2) is 6.29. The van der Waals surface area contributed by atoms with E-state index >= 15 is 0 Å². The van der Waals surface area contributed by atoms with Crippen molar-refractivity contribution in [1.29, 1.82) is 0 Å². The lowest BCUT2D eigenvalue weighted by Gasteiger charge is -2.20. The predicted octanol–water partition coefficient (Wildman–Crippen LogP) is 3.08. The second-order valence-corrected chi connectivity index (χ2v) is 4.37. The van der Waals surface area contributed by atoms with Crippen LogP contribution in [0.15, 0.2) is 11.6 Å². The summed E-state index contributed by atoms with van der Waals surface area (Å²) in [5.41, 5.74) is 0.275. The van der Waals surface area contributed by atoms with Gasteiger partial charge in [0.2, 0.25) is 0 Å². The van der Waals surface area contributed by atoms with Gasteiger partial charge in [-0.2, -0.15) is 0 Å². The maximum atomic E-state index is 11.6. The third kappa shape index (κ3) is 6.79. The van der Waals surface area contributed by atoms with E-state index < -0.39 is 5.60 Å². The van der Waals surface area contributed by atoms with Crippen LogP contribution in [-0.2, 0) is 9.53 Å². The SMILES string of the molecule is C#CCCCC(=CC)C(=O)OC(C)(C)C. The largest absolute Gasteiger partial charge is 0.457 e. The zero-order valence-corrected chi connectivity index (χ0v) is 10.1. The topological polar surface area (TPSA) is 26.3 Å². The van der Waals surface area contributed by atoms with Gasteiger partial charge in [0.25, 0.3) is 0 Å². The number of allylic oxidation sites excluding steroid dienone is 1. The first kappa shape index (κ1) is 13.8. The molecule has 0 bridgehead atoms. The van der Waals surface area contributed by atoms with E-state index in [0.717, 1.165) is 6.42 Å². The Labute approximate surface area is 92.7 Å². The third-order valence-electron chi connectivity index (χ3n) is 1.78. The molecule has 0 unspecified atom stereocenters. The molecule has 0 saturated carbocycles. The first-order chi connectivity index (χ1) is 6.90. The van der Waals surface area contributed by atoms with Gasteiger partial charge in [-0.25, -0.2) is 4.79 Å². The Morgan fingerprint density at radius 3 is 2.47 bits per heavy atom. The van der Waals surface area contributed by atoms with Gasteiger partial charge in [-0.3, -0.25) is 0 Å². The van der Waals surface area contributed by atoms with Crippen molar-refractivity contribution in [3.63, 3.8) is 0 Å². The van der Waals surface area contributed by atoms with Crippen LogP contribution in [0.5, 0.6) is 0 Å². The summed E-state index contributed by atoms with van der Waals surface area (Å²) in [6.45, 7) is 7.42. The molecule has 0 atom stereocenters. The molecule has 0 fully saturated rings. The number of unbranched alkanes of at least 4 members (excludes halogenated alkanes) is 1. The van der Waals surface area contributed by atoms with E-state index in [1.165, 1.54) is 0 Å². The summed E-state index contributed by atoms with van der Waals surface area (Å²) in [5.74, 6) is 2.32. The van der Waals surface area contributed by atoms with Crippen LogP contribution in [0.3, 0.4) is 0 Å². The van der Waals surface area contributed by atoms with Crippen molar-refractivity contribution < 1.29 is 9.53 Å². The van der Waals surface area contributed by atoms with Gasteiger partial charge in [-0.1, -0.05) is 6.08 Å². The standard InChI is InChI=1S/C13H20O2/c1-6-8-9-10-11(7-2)12(14)15-13(3,4)5/h1,7H,8-10H2,2-5H3. The highest BCUT2D eigenvalue weighted by Gasteiger charge is 2.18. The molecule has 0 aromatic carbocycles. The van der Waals surface area contributed by atoms with Crippen LogP contribution in [0.25, 0.3) is 0 Å². The number of rotatable bonds is 4. The zero-order valence-electron chi connectivity index (χ0n) is 10.1. The fourth-order valence-electron chi connectivity index (χ4n) is 1.09. The molecule has 0 rings (SSSR count). The number of hydrogen-bond donors (Lipinski definition) is 0. The molecule has 0 amide bonds. The fraction of sp³-hybridized carbons (Fsp3) is 0.615. The highest BCUT2D eigenvalue weighted by molar-refractivity contribution is 5.88. The lowest BCUT2D eigenvalue weighted by molar-refractivity contribution is -0.150. The number of ether oxygens (including phenoxy) is 1. The van der Waals surface area contributed by atoms with E-state index in [9.17, 15) is 4.79 Å². The van der Waals surface area contributed by atoms with Crippen molar-refractivity contribution in [2.45, 2.75) is 52.6 Å². The number of carbonyl (C=O) groups excluding carboxylic acids is 1. The molecule has 0 aromatic rings. The van der Waals surface area contributed by atoms with Crippen molar-refractivity contribution in [3.8, 4) is 12.3 Å². The Hall–Kier alpha value is -1.23. The molecule has 0 aromatic heterocycles. The molecule has 84 valence electrons. The molecule has 2 heteroatoms. The molecule has 0 radical (unpaired) electrons. The molecule has 0 aliphatic heterocycles. The Kier molecular flexibility index (Phi) is 5.77. The summed E-state index contributed by atoms with van der Waals surface area (Å²) in [7, 11) is 0. The molecule has 0 saturated heterocycles. The normalized spacial score (nSPS) is 12.1. The van der Waals surface area contributed by atoms with Gasteiger partial charge in [-0.15, -0.1) is 12.3 Å². The fourth-order valence-corrected chi connectivity index (χ4v) is 1.09. The highest BCUT2D eigenvalue weighted by Crippen LogP contribution is 2.14. The van der Waals surface area contributed by atoms with Crippen LogP contribution in [0, 0.1) is 12.3 Å². The quantitative estimate of drug-likeness (QED) is 0.307. The Bertz CT molecular complexity index is 274. The van der Waals surface area contributed by atoms with Gasteiger partial charge in [0.1, 0.15) is 5.60 Å². The first-order valence-electron chi connectivity index (χ1n) is 5.22. The summed E-state index contributed by atoms with van der Waals surface area (Å²) >= 11 is 0. The van der Waals surface area contributed by atoms with Crippen molar-refractivity contribution in [2.24, 2.45) is 0 Å². The minimum Gasteiger partial charge on any atom is -0.457 e. The molecule has 0 aliphatic rings. The van der Waals surface area contributed by atoms with Gasteiger partial charge in [-0.05, 0) is 40.5 Å². The minimum atomic E-state index is -0.433. The second-order valence-electron chi connectivity index (χ2n) is 4.37. The molecule has 0 spiro atoms. The Morgan fingerprint density at radius 2 is 2.07 bits per heavy atom. The van der Waals surface area contributed by atoms with E-state index in [1.54, 1.807) is 6.08 Å². The van der Waals surface area contributed by atoms with E-state index in [0.29, 0.717) is 18.4 Å². The maximum Gasteiger partial charge on any atom is 0.334 e. The van der Waals surface area contributed by atoms with Gasteiger partial charge in [0.05, 0.1) is 0 Å². The van der Waals surface area contributed by atoms with Gasteiger partial charge >= 0.3 is 5.97 Å². The number of carbonyl (C=O) groups is 1. The monoisotopic (exact) mass is 208 g/mol. The smallest absolute Gasteiger partial charge is 0.334 e. The third-order valence-corrected chi connectivity index (χ3v) is 1.78. The van der Waals surface area contributed by atoms with Gasteiger partial charge < -0.3 is 4.74 Å². The average molecular weight is 208 g/mol. The van der Waals surface area contributed by atoms with Crippen LogP contribution in [0.2, 0.25) is 0 Å². The van der Waals surface area contributed by atoms with Gasteiger partial charge in [0, 0.05) is 12.0 Å². The summed E-state index contributed by atoms with van der Waals surface area (Å²) in [6, 6.07) is 0. The Balaban J connectivity index is 4.20. The molecular formula is C13H20O2.